The molecule has 0 aromatic heterocycles. The Morgan fingerprint density at radius 1 is 1.50 bits per heavy atom. The largest absolute Gasteiger partial charge is 0.469 e. The molecule has 1 rings (SSSR count). The second kappa shape index (κ2) is 5.14. The lowest BCUT2D eigenvalue weighted by atomic mass is 9.96. The van der Waals surface area contributed by atoms with Crippen molar-refractivity contribution in [2.24, 2.45) is 5.92 Å². The molecule has 3 nitrogen and oxygen atoms in total. The van der Waals surface area contributed by atoms with Gasteiger partial charge in [-0.05, 0) is 19.8 Å². The van der Waals surface area contributed by atoms with Crippen LogP contribution in [0.15, 0.2) is 0 Å². The highest BCUT2D eigenvalue weighted by Gasteiger charge is 2.23. The van der Waals surface area contributed by atoms with Crippen LogP contribution in [0.4, 0.5) is 0 Å². The van der Waals surface area contributed by atoms with Crippen LogP contribution in [-0.4, -0.2) is 25.7 Å². The lowest BCUT2D eigenvalue weighted by Gasteiger charge is -2.25. The summed E-state index contributed by atoms with van der Waals surface area (Å²) in [6.45, 7) is 2.90. The molecule has 1 aliphatic rings. The first-order valence-electron chi connectivity index (χ1n) is 4.05. The molecular formula is C9H19NO2. The number of carbonyl (C=O) groups is 1. The molecule has 0 aliphatic carbocycles. The summed E-state index contributed by atoms with van der Waals surface area (Å²) in [5.41, 5.74) is 0. The molecule has 1 fully saturated rings. The van der Waals surface area contributed by atoms with E-state index < -0.39 is 0 Å². The Bertz CT molecular complexity index is 139. The number of piperidine rings is 1. The Kier molecular flexibility index (Phi) is 4.90. The third-order valence-electron chi connectivity index (χ3n) is 2.20. The van der Waals surface area contributed by atoms with Gasteiger partial charge in [0.2, 0.25) is 0 Å². The second-order valence-electron chi connectivity index (χ2n) is 3.11. The normalized spacial score (nSPS) is 28.8. The van der Waals surface area contributed by atoms with Gasteiger partial charge in [0.15, 0.2) is 0 Å². The smallest absolute Gasteiger partial charge is 0.309 e. The summed E-state index contributed by atoms with van der Waals surface area (Å²) in [6, 6.07) is 0.552. The Morgan fingerprint density at radius 2 is 2.17 bits per heavy atom. The van der Waals surface area contributed by atoms with Crippen LogP contribution in [-0.2, 0) is 9.53 Å². The zero-order chi connectivity index (χ0) is 8.27. The van der Waals surface area contributed by atoms with Crippen LogP contribution in [0.5, 0.6) is 0 Å². The molecule has 0 unspecified atom stereocenters. The fourth-order valence-corrected chi connectivity index (χ4v) is 1.37. The Labute approximate surface area is 74.5 Å². The van der Waals surface area contributed by atoms with E-state index in [2.05, 4.69) is 17.0 Å². The number of carbonyl (C=O) groups excluding carboxylic acids is 1. The van der Waals surface area contributed by atoms with Gasteiger partial charge in [-0.15, -0.1) is 0 Å². The minimum absolute atomic E-state index is 0. The number of ether oxygens (including phenoxy) is 1. The monoisotopic (exact) mass is 173 g/mol. The highest BCUT2D eigenvalue weighted by Crippen LogP contribution is 2.14. The molecule has 0 aromatic rings. The molecule has 72 valence electrons. The van der Waals surface area contributed by atoms with Gasteiger partial charge in [-0.1, -0.05) is 7.43 Å². The summed E-state index contributed by atoms with van der Waals surface area (Å²) in [4.78, 5) is 11.0. The van der Waals surface area contributed by atoms with Crippen molar-refractivity contribution >= 4 is 5.97 Å². The maximum absolute atomic E-state index is 11.0. The predicted octanol–water partition coefficient (Wildman–Crippen LogP) is 1.18. The van der Waals surface area contributed by atoms with Crippen molar-refractivity contribution in [2.75, 3.05) is 13.7 Å². The van der Waals surface area contributed by atoms with Crippen LogP contribution in [0, 0.1) is 5.92 Å². The summed E-state index contributed by atoms with van der Waals surface area (Å²) in [7, 11) is 1.44. The van der Waals surface area contributed by atoms with Crippen LogP contribution in [0.25, 0.3) is 0 Å². The van der Waals surface area contributed by atoms with Gasteiger partial charge in [0, 0.05) is 12.6 Å². The summed E-state index contributed by atoms with van der Waals surface area (Å²) in [5, 5.41) is 3.25. The Balaban J connectivity index is 0.00000121. The van der Waals surface area contributed by atoms with Gasteiger partial charge in [-0.3, -0.25) is 4.79 Å². The molecule has 1 aliphatic heterocycles. The van der Waals surface area contributed by atoms with Gasteiger partial charge >= 0.3 is 5.97 Å². The molecule has 1 N–H and O–H groups in total. The first kappa shape index (κ1) is 11.4. The van der Waals surface area contributed by atoms with Gasteiger partial charge in [-0.2, -0.15) is 0 Å². The van der Waals surface area contributed by atoms with Crippen LogP contribution in [0.2, 0.25) is 0 Å². The average Bonchev–Trinajstić information content (AvgIpc) is 2.05. The van der Waals surface area contributed by atoms with Gasteiger partial charge in [0.05, 0.1) is 13.0 Å². The number of hydrogen-bond acceptors (Lipinski definition) is 3. The molecule has 0 spiro atoms. The fraction of sp³-hybridized carbons (Fsp3) is 0.889. The first-order chi connectivity index (χ1) is 5.24. The van der Waals surface area contributed by atoms with Crippen molar-refractivity contribution in [3.63, 3.8) is 0 Å². The molecule has 12 heavy (non-hydrogen) atoms. The Hall–Kier alpha value is -0.570. The summed E-state index contributed by atoms with van der Waals surface area (Å²) in [5.74, 6) is 0.000556. The van der Waals surface area contributed by atoms with Gasteiger partial charge in [0.1, 0.15) is 0 Å². The van der Waals surface area contributed by atoms with E-state index in [-0.39, 0.29) is 19.3 Å². The summed E-state index contributed by atoms with van der Waals surface area (Å²) >= 11 is 0. The molecular weight excluding hydrogens is 154 g/mol. The zero-order valence-electron chi connectivity index (χ0n) is 7.09. The lowest BCUT2D eigenvalue weighted by Crippen LogP contribution is -2.40. The van der Waals surface area contributed by atoms with Crippen LogP contribution >= 0.6 is 0 Å². The molecule has 1 saturated heterocycles. The van der Waals surface area contributed by atoms with E-state index in [1.807, 2.05) is 0 Å². The quantitative estimate of drug-likeness (QED) is 0.605. The van der Waals surface area contributed by atoms with Gasteiger partial charge < -0.3 is 10.1 Å². The standard InChI is InChI=1S/C8H15NO2.CH4/c1-6-3-4-7(5-9-6)8(10)11-2;/h6-7,9H,3-5H2,1-2H3;1H4/t6-,7+;/m0./s1. The molecule has 2 atom stereocenters. The third-order valence-corrected chi connectivity index (χ3v) is 2.20. The van der Waals surface area contributed by atoms with E-state index in [0.717, 1.165) is 19.4 Å². The molecule has 0 aromatic carbocycles. The number of rotatable bonds is 1. The lowest BCUT2D eigenvalue weighted by molar-refractivity contribution is -0.146. The molecule has 0 bridgehead atoms. The van der Waals surface area contributed by atoms with Crippen molar-refractivity contribution < 1.29 is 9.53 Å². The van der Waals surface area contributed by atoms with Crippen molar-refractivity contribution in [1.29, 1.82) is 0 Å². The maximum Gasteiger partial charge on any atom is 0.309 e. The minimum Gasteiger partial charge on any atom is -0.469 e. The van der Waals surface area contributed by atoms with E-state index >= 15 is 0 Å². The highest BCUT2D eigenvalue weighted by atomic mass is 16.5. The minimum atomic E-state index is -0.0793. The van der Waals surface area contributed by atoms with Crippen molar-refractivity contribution in [3.05, 3.63) is 0 Å². The second-order valence-corrected chi connectivity index (χ2v) is 3.11. The zero-order valence-corrected chi connectivity index (χ0v) is 7.09. The predicted molar refractivity (Wildman–Crippen MR) is 48.9 cm³/mol. The van der Waals surface area contributed by atoms with Crippen molar-refractivity contribution in [1.82, 2.24) is 5.32 Å². The van der Waals surface area contributed by atoms with Gasteiger partial charge in [0.25, 0.3) is 0 Å². The van der Waals surface area contributed by atoms with E-state index in [1.165, 1.54) is 7.11 Å². The van der Waals surface area contributed by atoms with Crippen molar-refractivity contribution in [2.45, 2.75) is 33.2 Å². The molecule has 0 amide bonds. The van der Waals surface area contributed by atoms with Crippen LogP contribution in [0.3, 0.4) is 0 Å². The Morgan fingerprint density at radius 3 is 2.58 bits per heavy atom. The average molecular weight is 173 g/mol. The number of esters is 1. The maximum atomic E-state index is 11.0. The summed E-state index contributed by atoms with van der Waals surface area (Å²) < 4.78 is 4.65. The number of nitrogens with one attached hydrogen (secondary N) is 1. The molecule has 3 heteroatoms. The van der Waals surface area contributed by atoms with Crippen LogP contribution < -0.4 is 5.32 Å². The SMILES string of the molecule is C.COC(=O)[C@@H]1CC[C@H](C)NC1. The number of hydrogen-bond donors (Lipinski definition) is 1. The van der Waals surface area contributed by atoms with E-state index in [1.54, 1.807) is 0 Å². The van der Waals surface area contributed by atoms with E-state index in [9.17, 15) is 4.79 Å². The fourth-order valence-electron chi connectivity index (χ4n) is 1.37. The van der Waals surface area contributed by atoms with E-state index in [0.29, 0.717) is 6.04 Å². The first-order valence-corrected chi connectivity index (χ1v) is 4.05. The highest BCUT2D eigenvalue weighted by molar-refractivity contribution is 5.72. The summed E-state index contributed by atoms with van der Waals surface area (Å²) in [6.07, 6.45) is 2.03. The third kappa shape index (κ3) is 2.81. The topological polar surface area (TPSA) is 38.3 Å². The number of methoxy groups -OCH3 is 1. The van der Waals surface area contributed by atoms with Crippen molar-refractivity contribution in [3.8, 4) is 0 Å². The molecule has 0 radical (unpaired) electrons. The molecule has 0 saturated carbocycles. The molecule has 1 heterocycles. The van der Waals surface area contributed by atoms with E-state index in [4.69, 9.17) is 0 Å². The van der Waals surface area contributed by atoms with Crippen LogP contribution in [0.1, 0.15) is 27.2 Å². The van der Waals surface area contributed by atoms with Gasteiger partial charge in [-0.25, -0.2) is 0 Å².